The number of sulfonamides is 1. The molecule has 3 nitrogen and oxygen atoms in total. The van der Waals surface area contributed by atoms with Crippen molar-refractivity contribution < 1.29 is 8.42 Å². The smallest absolute Gasteiger partial charge is 0.206 e. The summed E-state index contributed by atoms with van der Waals surface area (Å²) >= 11 is 6.04. The van der Waals surface area contributed by atoms with Crippen LogP contribution in [0.1, 0.15) is 5.56 Å². The molecule has 0 atom stereocenters. The van der Waals surface area contributed by atoms with Crippen molar-refractivity contribution in [2.24, 2.45) is 0 Å². The first kappa shape index (κ1) is 13.2. The number of hydrogen-bond acceptors (Lipinski definition) is 4. The lowest BCUT2D eigenvalue weighted by molar-refractivity contribution is 0.468. The van der Waals surface area contributed by atoms with Crippen LogP contribution in [0.5, 0.6) is 0 Å². The van der Waals surface area contributed by atoms with Gasteiger partial charge in [-0.1, -0.05) is 0 Å². The van der Waals surface area contributed by atoms with E-state index < -0.39 is 10.0 Å². The van der Waals surface area contributed by atoms with E-state index in [1.165, 1.54) is 15.6 Å². The quantitative estimate of drug-likeness (QED) is 0.846. The molecule has 0 aliphatic rings. The number of hydrogen-bond donors (Lipinski definition) is 0. The van der Waals surface area contributed by atoms with Gasteiger partial charge in [-0.05, 0) is 49.8 Å². The van der Waals surface area contributed by atoms with Crippen molar-refractivity contribution in [1.29, 1.82) is 0 Å². The summed E-state index contributed by atoms with van der Waals surface area (Å²) in [5.41, 5.74) is 1.01. The van der Waals surface area contributed by atoms with E-state index in [0.29, 0.717) is 15.2 Å². The van der Waals surface area contributed by atoms with Crippen LogP contribution in [0.25, 0.3) is 0 Å². The summed E-state index contributed by atoms with van der Waals surface area (Å²) < 4.78 is 26.8. The summed E-state index contributed by atoms with van der Waals surface area (Å²) in [5, 5.41) is 5.65. The molecule has 0 fully saturated rings. The first-order valence-corrected chi connectivity index (χ1v) is 8.78. The third-order valence-electron chi connectivity index (χ3n) is 2.21. The van der Waals surface area contributed by atoms with Crippen LogP contribution < -0.4 is 0 Å². The summed E-state index contributed by atoms with van der Waals surface area (Å²) in [6.45, 7) is 0.399. The molecular formula is C10H10BrNO2S3. The van der Waals surface area contributed by atoms with Gasteiger partial charge < -0.3 is 0 Å². The van der Waals surface area contributed by atoms with Crippen LogP contribution in [0.4, 0.5) is 0 Å². The van der Waals surface area contributed by atoms with Gasteiger partial charge >= 0.3 is 0 Å². The Morgan fingerprint density at radius 1 is 1.35 bits per heavy atom. The Kier molecular flexibility index (Phi) is 4.04. The van der Waals surface area contributed by atoms with Crippen LogP contribution in [0.3, 0.4) is 0 Å². The van der Waals surface area contributed by atoms with Gasteiger partial charge in [0.2, 0.25) is 0 Å². The van der Waals surface area contributed by atoms with Crippen molar-refractivity contribution >= 4 is 48.6 Å². The lowest BCUT2D eigenvalue weighted by atomic mass is 10.3. The fourth-order valence-electron chi connectivity index (χ4n) is 1.33. The predicted molar refractivity (Wildman–Crippen MR) is 75.0 cm³/mol. The Labute approximate surface area is 117 Å². The fraction of sp³-hybridized carbons (Fsp3) is 0.200. The Morgan fingerprint density at radius 3 is 2.65 bits per heavy atom. The predicted octanol–water partition coefficient (Wildman–Crippen LogP) is 3.39. The van der Waals surface area contributed by atoms with Crippen molar-refractivity contribution in [3.63, 3.8) is 0 Å². The monoisotopic (exact) mass is 351 g/mol. The summed E-state index contributed by atoms with van der Waals surface area (Å²) in [6, 6.07) is 3.68. The molecule has 0 spiro atoms. The molecule has 2 aromatic rings. The zero-order valence-electron chi connectivity index (χ0n) is 8.96. The van der Waals surface area contributed by atoms with Gasteiger partial charge in [-0.2, -0.15) is 15.6 Å². The molecule has 0 bridgehead atoms. The molecule has 0 aromatic carbocycles. The lowest BCUT2D eigenvalue weighted by Crippen LogP contribution is -2.25. The Balaban J connectivity index is 2.25. The molecule has 0 unspecified atom stereocenters. The highest BCUT2D eigenvalue weighted by molar-refractivity contribution is 9.10. The maximum Gasteiger partial charge on any atom is 0.253 e. The van der Waals surface area contributed by atoms with Crippen LogP contribution >= 0.6 is 38.6 Å². The molecule has 0 radical (unpaired) electrons. The van der Waals surface area contributed by atoms with Gasteiger partial charge in [-0.25, -0.2) is 8.42 Å². The number of thiophene rings is 2. The summed E-state index contributed by atoms with van der Waals surface area (Å²) in [7, 11) is -1.80. The van der Waals surface area contributed by atoms with Crippen molar-refractivity contribution in [3.05, 3.63) is 38.3 Å². The molecule has 2 rings (SSSR count). The minimum Gasteiger partial charge on any atom is -0.206 e. The molecule has 0 saturated carbocycles. The topological polar surface area (TPSA) is 37.4 Å². The number of halogens is 1. The molecule has 0 N–H and O–H groups in total. The van der Waals surface area contributed by atoms with E-state index in [1.807, 2.05) is 16.8 Å². The van der Waals surface area contributed by atoms with Crippen molar-refractivity contribution in [1.82, 2.24) is 4.31 Å². The van der Waals surface area contributed by atoms with Crippen molar-refractivity contribution in [2.45, 2.75) is 10.8 Å². The van der Waals surface area contributed by atoms with E-state index in [2.05, 4.69) is 15.9 Å². The van der Waals surface area contributed by atoms with E-state index in [0.717, 1.165) is 5.56 Å². The van der Waals surface area contributed by atoms with E-state index in [-0.39, 0.29) is 0 Å². The Morgan fingerprint density at radius 2 is 2.12 bits per heavy atom. The van der Waals surface area contributed by atoms with Crippen molar-refractivity contribution in [3.8, 4) is 0 Å². The van der Waals surface area contributed by atoms with E-state index in [9.17, 15) is 8.42 Å². The standard InChI is InChI=1S/C10H10BrNO2S3/c1-12(6-8-2-4-15-7-8)17(13,14)10-9(11)3-5-16-10/h2-5,7H,6H2,1H3. The van der Waals surface area contributed by atoms with E-state index in [1.54, 1.807) is 29.8 Å². The molecule has 0 aliphatic heterocycles. The van der Waals surface area contributed by atoms with Gasteiger partial charge in [0, 0.05) is 18.1 Å². The van der Waals surface area contributed by atoms with Gasteiger partial charge in [0.25, 0.3) is 10.0 Å². The summed E-state index contributed by atoms with van der Waals surface area (Å²) in [6.07, 6.45) is 0. The first-order chi connectivity index (χ1) is 8.01. The molecule has 0 saturated heterocycles. The van der Waals surface area contributed by atoms with Crippen LogP contribution in [0.2, 0.25) is 0 Å². The van der Waals surface area contributed by atoms with E-state index in [4.69, 9.17) is 0 Å². The van der Waals surface area contributed by atoms with Gasteiger partial charge in [0.1, 0.15) is 4.21 Å². The summed E-state index contributed by atoms with van der Waals surface area (Å²) in [4.78, 5) is 0. The highest BCUT2D eigenvalue weighted by Crippen LogP contribution is 2.30. The van der Waals surface area contributed by atoms with Gasteiger partial charge in [0.05, 0.1) is 0 Å². The van der Waals surface area contributed by atoms with Crippen LogP contribution in [0.15, 0.2) is 37.0 Å². The molecule has 0 aliphatic carbocycles. The Hall–Kier alpha value is -0.210. The molecule has 92 valence electrons. The minimum absolute atomic E-state index is 0.357. The van der Waals surface area contributed by atoms with Gasteiger partial charge in [0.15, 0.2) is 0 Å². The molecular weight excluding hydrogens is 342 g/mol. The fourth-order valence-corrected chi connectivity index (χ4v) is 5.65. The second-order valence-corrected chi connectivity index (χ2v) is 8.24. The SMILES string of the molecule is CN(Cc1ccsc1)S(=O)(=O)c1sccc1Br. The highest BCUT2D eigenvalue weighted by Gasteiger charge is 2.24. The third kappa shape index (κ3) is 2.79. The number of rotatable bonds is 4. The molecule has 2 heterocycles. The van der Waals surface area contributed by atoms with Gasteiger partial charge in [-0.15, -0.1) is 11.3 Å². The molecule has 7 heteroatoms. The summed E-state index contributed by atoms with van der Waals surface area (Å²) in [5.74, 6) is 0. The normalized spacial score (nSPS) is 12.2. The Bertz CT molecular complexity index is 589. The van der Waals surface area contributed by atoms with Crippen molar-refractivity contribution in [2.75, 3.05) is 7.05 Å². The molecule has 17 heavy (non-hydrogen) atoms. The average molecular weight is 352 g/mol. The molecule has 0 amide bonds. The largest absolute Gasteiger partial charge is 0.253 e. The number of nitrogens with zero attached hydrogens (tertiary/aromatic N) is 1. The highest BCUT2D eigenvalue weighted by atomic mass is 79.9. The lowest BCUT2D eigenvalue weighted by Gasteiger charge is -2.15. The zero-order chi connectivity index (χ0) is 12.5. The molecule has 2 aromatic heterocycles. The first-order valence-electron chi connectivity index (χ1n) is 4.72. The second-order valence-electron chi connectivity index (χ2n) is 3.45. The third-order valence-corrected chi connectivity index (χ3v) is 7.40. The zero-order valence-corrected chi connectivity index (χ0v) is 13.0. The van der Waals surface area contributed by atoms with Crippen LogP contribution in [-0.2, 0) is 16.6 Å². The minimum atomic E-state index is -3.39. The van der Waals surface area contributed by atoms with Gasteiger partial charge in [-0.3, -0.25) is 0 Å². The van der Waals surface area contributed by atoms with Crippen LogP contribution in [-0.4, -0.2) is 19.8 Å². The van der Waals surface area contributed by atoms with Crippen LogP contribution in [0, 0.1) is 0 Å². The second kappa shape index (κ2) is 5.19. The average Bonchev–Trinajstić information content (AvgIpc) is 2.89. The van der Waals surface area contributed by atoms with E-state index >= 15 is 0 Å². The maximum atomic E-state index is 12.3. The maximum absolute atomic E-state index is 12.3.